The van der Waals surface area contributed by atoms with Gasteiger partial charge in [-0.1, -0.05) is 24.3 Å². The largest absolute Gasteiger partial charge is 0.322 e. The molecular weight excluding hydrogens is 352 g/mol. The summed E-state index contributed by atoms with van der Waals surface area (Å²) in [6.45, 7) is 3.92. The smallest absolute Gasteiger partial charge is 0.256 e. The van der Waals surface area contributed by atoms with E-state index < -0.39 is 0 Å². The van der Waals surface area contributed by atoms with Crippen molar-refractivity contribution >= 4 is 11.6 Å². The fourth-order valence-electron chi connectivity index (χ4n) is 3.02. The third-order valence-electron chi connectivity index (χ3n) is 4.58. The predicted octanol–water partition coefficient (Wildman–Crippen LogP) is 3.80. The lowest BCUT2D eigenvalue weighted by Gasteiger charge is -2.10. The summed E-state index contributed by atoms with van der Waals surface area (Å²) in [6, 6.07) is 15.5. The third kappa shape index (κ3) is 3.50. The second-order valence-corrected chi connectivity index (χ2v) is 6.50. The molecule has 0 saturated carbocycles. The van der Waals surface area contributed by atoms with E-state index in [1.807, 2.05) is 49.4 Å². The quantitative estimate of drug-likeness (QED) is 0.570. The number of carbonyl (C=O) groups excluding carboxylic acids is 1. The van der Waals surface area contributed by atoms with Gasteiger partial charge in [-0.05, 0) is 70.8 Å². The maximum Gasteiger partial charge on any atom is 0.256 e. The molecule has 2 N–H and O–H groups in total. The average Bonchev–Trinajstić information content (AvgIpc) is 3.24. The van der Waals surface area contributed by atoms with Crippen molar-refractivity contribution in [2.24, 2.45) is 0 Å². The number of aromatic nitrogens is 5. The summed E-state index contributed by atoms with van der Waals surface area (Å²) in [5.41, 5.74) is 6.37. The van der Waals surface area contributed by atoms with Gasteiger partial charge in [0.05, 0.1) is 0 Å². The van der Waals surface area contributed by atoms with Gasteiger partial charge in [-0.3, -0.25) is 9.78 Å². The lowest BCUT2D eigenvalue weighted by Crippen LogP contribution is -2.13. The van der Waals surface area contributed by atoms with Crippen molar-refractivity contribution in [3.05, 3.63) is 77.6 Å². The SMILES string of the molecule is Cc1cnccc1C(=O)Nc1ccc(-c2cc(-c3nnn[nH]3)ccc2C)cc1. The molecule has 4 rings (SSSR count). The molecule has 1 amide bonds. The molecule has 4 aromatic rings. The van der Waals surface area contributed by atoms with Gasteiger partial charge >= 0.3 is 0 Å². The number of hydrogen-bond acceptors (Lipinski definition) is 5. The van der Waals surface area contributed by atoms with E-state index in [4.69, 9.17) is 0 Å². The van der Waals surface area contributed by atoms with E-state index in [0.29, 0.717) is 11.4 Å². The normalized spacial score (nSPS) is 10.6. The van der Waals surface area contributed by atoms with Crippen LogP contribution in [0.2, 0.25) is 0 Å². The van der Waals surface area contributed by atoms with E-state index in [0.717, 1.165) is 33.5 Å². The number of aromatic amines is 1. The Hall–Kier alpha value is -3.87. The summed E-state index contributed by atoms with van der Waals surface area (Å²) in [4.78, 5) is 16.5. The number of nitrogens with zero attached hydrogens (tertiary/aromatic N) is 4. The minimum Gasteiger partial charge on any atom is -0.322 e. The molecular formula is C21H18N6O. The number of amides is 1. The van der Waals surface area contributed by atoms with Gasteiger partial charge in [0.15, 0.2) is 5.82 Å². The summed E-state index contributed by atoms with van der Waals surface area (Å²) in [6.07, 6.45) is 3.29. The Labute approximate surface area is 161 Å². The predicted molar refractivity (Wildman–Crippen MR) is 107 cm³/mol. The molecule has 0 atom stereocenters. The van der Waals surface area contributed by atoms with Crippen molar-refractivity contribution in [3.63, 3.8) is 0 Å². The Morgan fingerprint density at radius 3 is 2.46 bits per heavy atom. The fourth-order valence-corrected chi connectivity index (χ4v) is 3.02. The number of tetrazole rings is 1. The monoisotopic (exact) mass is 370 g/mol. The average molecular weight is 370 g/mol. The highest BCUT2D eigenvalue weighted by molar-refractivity contribution is 6.05. The molecule has 0 aliphatic heterocycles. The van der Waals surface area contributed by atoms with Gasteiger partial charge in [0.2, 0.25) is 0 Å². The van der Waals surface area contributed by atoms with Gasteiger partial charge < -0.3 is 5.32 Å². The zero-order chi connectivity index (χ0) is 19.5. The number of hydrogen-bond donors (Lipinski definition) is 2. The molecule has 0 aliphatic rings. The Kier molecular flexibility index (Phi) is 4.63. The molecule has 0 saturated heterocycles. The summed E-state index contributed by atoms with van der Waals surface area (Å²) in [5.74, 6) is 0.474. The van der Waals surface area contributed by atoms with Gasteiger partial charge in [0.25, 0.3) is 5.91 Å². The van der Waals surface area contributed by atoms with Gasteiger partial charge in [0.1, 0.15) is 0 Å². The highest BCUT2D eigenvalue weighted by atomic mass is 16.1. The maximum atomic E-state index is 12.5. The number of rotatable bonds is 4. The first-order chi connectivity index (χ1) is 13.6. The molecule has 138 valence electrons. The lowest BCUT2D eigenvalue weighted by atomic mass is 9.97. The van der Waals surface area contributed by atoms with Crippen LogP contribution in [0.3, 0.4) is 0 Å². The van der Waals surface area contributed by atoms with E-state index in [1.165, 1.54) is 0 Å². The van der Waals surface area contributed by atoms with Crippen molar-refractivity contribution in [1.29, 1.82) is 0 Å². The van der Waals surface area contributed by atoms with Gasteiger partial charge in [-0.15, -0.1) is 5.10 Å². The first kappa shape index (κ1) is 17.5. The molecule has 2 heterocycles. The Bertz CT molecular complexity index is 1120. The Balaban J connectivity index is 1.58. The van der Waals surface area contributed by atoms with Gasteiger partial charge in [0, 0.05) is 29.2 Å². The van der Waals surface area contributed by atoms with E-state index >= 15 is 0 Å². The van der Waals surface area contributed by atoms with E-state index in [-0.39, 0.29) is 5.91 Å². The van der Waals surface area contributed by atoms with Crippen LogP contribution >= 0.6 is 0 Å². The Morgan fingerprint density at radius 2 is 1.75 bits per heavy atom. The summed E-state index contributed by atoms with van der Waals surface area (Å²) in [7, 11) is 0. The number of pyridine rings is 1. The minimum absolute atomic E-state index is 0.149. The fraction of sp³-hybridized carbons (Fsp3) is 0.0952. The van der Waals surface area contributed by atoms with Crippen molar-refractivity contribution in [1.82, 2.24) is 25.6 Å². The maximum absolute atomic E-state index is 12.5. The van der Waals surface area contributed by atoms with Crippen LogP contribution in [0.15, 0.2) is 60.9 Å². The van der Waals surface area contributed by atoms with Crippen molar-refractivity contribution < 1.29 is 4.79 Å². The molecule has 0 radical (unpaired) electrons. The first-order valence-corrected chi connectivity index (χ1v) is 8.79. The lowest BCUT2D eigenvalue weighted by molar-refractivity contribution is 0.102. The zero-order valence-corrected chi connectivity index (χ0v) is 15.5. The second-order valence-electron chi connectivity index (χ2n) is 6.50. The highest BCUT2D eigenvalue weighted by Gasteiger charge is 2.10. The van der Waals surface area contributed by atoms with Crippen LogP contribution in [0.1, 0.15) is 21.5 Å². The van der Waals surface area contributed by atoms with E-state index in [9.17, 15) is 4.79 Å². The van der Waals surface area contributed by atoms with Gasteiger partial charge in [-0.2, -0.15) is 0 Å². The van der Waals surface area contributed by atoms with E-state index in [2.05, 4.69) is 37.8 Å². The molecule has 2 aromatic carbocycles. The van der Waals surface area contributed by atoms with Crippen molar-refractivity contribution in [2.75, 3.05) is 5.32 Å². The van der Waals surface area contributed by atoms with Crippen LogP contribution in [-0.2, 0) is 0 Å². The van der Waals surface area contributed by atoms with Crippen molar-refractivity contribution in [3.8, 4) is 22.5 Å². The number of anilines is 1. The number of H-pyrrole nitrogens is 1. The minimum atomic E-state index is -0.149. The van der Waals surface area contributed by atoms with E-state index in [1.54, 1.807) is 18.5 Å². The standard InChI is InChI=1S/C21H18N6O/c1-13-3-4-16(20-24-26-27-25-20)11-19(13)15-5-7-17(8-6-15)23-21(28)18-9-10-22-12-14(18)2/h3-12H,1-2H3,(H,23,28)(H,24,25,26,27). The summed E-state index contributed by atoms with van der Waals surface area (Å²) in [5, 5.41) is 16.9. The summed E-state index contributed by atoms with van der Waals surface area (Å²) < 4.78 is 0. The molecule has 7 heteroatoms. The molecule has 0 fully saturated rings. The number of aryl methyl sites for hydroxylation is 2. The molecule has 0 unspecified atom stereocenters. The highest BCUT2D eigenvalue weighted by Crippen LogP contribution is 2.28. The summed E-state index contributed by atoms with van der Waals surface area (Å²) >= 11 is 0. The van der Waals surface area contributed by atoms with Crippen LogP contribution in [-0.4, -0.2) is 31.5 Å². The number of benzene rings is 2. The van der Waals surface area contributed by atoms with Crippen molar-refractivity contribution in [2.45, 2.75) is 13.8 Å². The molecule has 0 spiro atoms. The van der Waals surface area contributed by atoms with Crippen LogP contribution < -0.4 is 5.32 Å². The topological polar surface area (TPSA) is 96.5 Å². The number of nitrogens with one attached hydrogen (secondary N) is 2. The van der Waals surface area contributed by atoms with Crippen LogP contribution in [0.5, 0.6) is 0 Å². The molecule has 2 aromatic heterocycles. The van der Waals surface area contributed by atoms with Crippen LogP contribution in [0.25, 0.3) is 22.5 Å². The van der Waals surface area contributed by atoms with Crippen LogP contribution in [0, 0.1) is 13.8 Å². The van der Waals surface area contributed by atoms with Gasteiger partial charge in [-0.25, -0.2) is 5.10 Å². The second kappa shape index (κ2) is 7.40. The molecule has 0 aliphatic carbocycles. The number of carbonyl (C=O) groups is 1. The molecule has 28 heavy (non-hydrogen) atoms. The first-order valence-electron chi connectivity index (χ1n) is 8.79. The molecule has 7 nitrogen and oxygen atoms in total. The molecule has 0 bridgehead atoms. The third-order valence-corrected chi connectivity index (χ3v) is 4.58. The Morgan fingerprint density at radius 1 is 0.964 bits per heavy atom. The van der Waals surface area contributed by atoms with Crippen LogP contribution in [0.4, 0.5) is 5.69 Å². The zero-order valence-electron chi connectivity index (χ0n) is 15.5.